The number of halogens is 1. The van der Waals surface area contributed by atoms with Gasteiger partial charge < -0.3 is 20.3 Å². The molecule has 0 aliphatic heterocycles. The van der Waals surface area contributed by atoms with E-state index in [0.29, 0.717) is 16.8 Å². The van der Waals surface area contributed by atoms with Crippen LogP contribution in [0.15, 0.2) is 22.7 Å². The molecule has 0 radical (unpaired) electrons. The van der Waals surface area contributed by atoms with Crippen molar-refractivity contribution >= 4 is 33.8 Å². The van der Waals surface area contributed by atoms with E-state index in [0.717, 1.165) is 0 Å². The summed E-state index contributed by atoms with van der Waals surface area (Å²) in [6.07, 6.45) is -0.549. The summed E-state index contributed by atoms with van der Waals surface area (Å²) >= 11 is 3.26. The highest BCUT2D eigenvalue weighted by Gasteiger charge is 2.23. The molecule has 0 fully saturated rings. The van der Waals surface area contributed by atoms with Gasteiger partial charge in [-0.05, 0) is 31.5 Å². The second-order valence-corrected chi connectivity index (χ2v) is 5.29. The highest BCUT2D eigenvalue weighted by atomic mass is 79.9. The number of hydrogen-bond acceptors (Lipinski definition) is 4. The molecule has 0 saturated carbocycles. The first kappa shape index (κ1) is 18.0. The molecular weight excluding hydrogens is 358 g/mol. The summed E-state index contributed by atoms with van der Waals surface area (Å²) < 4.78 is 6.06. The molecule has 0 spiro atoms. The molecule has 1 aromatic rings. The lowest BCUT2D eigenvalue weighted by molar-refractivity contribution is -0.140. The van der Waals surface area contributed by atoms with Crippen molar-refractivity contribution in [3.05, 3.63) is 28.2 Å². The van der Waals surface area contributed by atoms with E-state index in [4.69, 9.17) is 14.9 Å². The molecule has 0 aromatic heterocycles. The number of aliphatic carboxylic acids is 2. The molecule has 0 saturated heterocycles. The fourth-order valence-electron chi connectivity index (χ4n) is 1.72. The highest BCUT2D eigenvalue weighted by Crippen LogP contribution is 2.24. The zero-order valence-corrected chi connectivity index (χ0v) is 13.4. The van der Waals surface area contributed by atoms with Crippen LogP contribution in [0.5, 0.6) is 5.75 Å². The summed E-state index contributed by atoms with van der Waals surface area (Å²) in [5.74, 6) is -2.73. The largest absolute Gasteiger partial charge is 0.493 e. The predicted molar refractivity (Wildman–Crippen MR) is 81.1 cm³/mol. The van der Waals surface area contributed by atoms with E-state index in [2.05, 4.69) is 21.2 Å². The van der Waals surface area contributed by atoms with Crippen LogP contribution < -0.4 is 10.1 Å². The molecule has 0 heterocycles. The van der Waals surface area contributed by atoms with Crippen LogP contribution in [-0.2, 0) is 9.59 Å². The number of carbonyl (C=O) groups is 3. The molecule has 1 atom stereocenters. The van der Waals surface area contributed by atoms with Gasteiger partial charge in [-0.1, -0.05) is 15.9 Å². The quantitative estimate of drug-likeness (QED) is 0.641. The number of amides is 1. The van der Waals surface area contributed by atoms with Gasteiger partial charge in [0.15, 0.2) is 0 Å². The Labute approximate surface area is 135 Å². The van der Waals surface area contributed by atoms with E-state index in [9.17, 15) is 14.4 Å². The molecule has 0 aliphatic rings. The Balaban J connectivity index is 2.89. The zero-order valence-electron chi connectivity index (χ0n) is 11.8. The zero-order chi connectivity index (χ0) is 16.7. The Hall–Kier alpha value is -2.09. The van der Waals surface area contributed by atoms with Gasteiger partial charge >= 0.3 is 11.9 Å². The van der Waals surface area contributed by atoms with Gasteiger partial charge in [-0.25, -0.2) is 4.79 Å². The first-order valence-corrected chi connectivity index (χ1v) is 7.32. The first-order valence-electron chi connectivity index (χ1n) is 6.53. The van der Waals surface area contributed by atoms with Crippen LogP contribution in [0.4, 0.5) is 0 Å². The predicted octanol–water partition coefficient (Wildman–Crippen LogP) is 1.90. The monoisotopic (exact) mass is 373 g/mol. The Morgan fingerprint density at radius 1 is 1.32 bits per heavy atom. The van der Waals surface area contributed by atoms with Gasteiger partial charge in [-0.15, -0.1) is 0 Å². The van der Waals surface area contributed by atoms with Crippen molar-refractivity contribution in [3.8, 4) is 5.75 Å². The molecule has 22 heavy (non-hydrogen) atoms. The van der Waals surface area contributed by atoms with E-state index >= 15 is 0 Å². The van der Waals surface area contributed by atoms with Gasteiger partial charge in [-0.2, -0.15) is 0 Å². The number of carbonyl (C=O) groups excluding carboxylic acids is 1. The minimum Gasteiger partial charge on any atom is -0.493 e. The van der Waals surface area contributed by atoms with Crippen molar-refractivity contribution in [3.63, 3.8) is 0 Å². The Morgan fingerprint density at radius 2 is 2.00 bits per heavy atom. The van der Waals surface area contributed by atoms with Crippen molar-refractivity contribution in [1.82, 2.24) is 5.32 Å². The highest BCUT2D eigenvalue weighted by molar-refractivity contribution is 9.10. The lowest BCUT2D eigenvalue weighted by atomic mass is 10.1. The molecule has 1 unspecified atom stereocenters. The number of benzene rings is 1. The SMILES string of the molecule is CCOc1cc(Br)ccc1C(=O)NC(CCC(=O)O)C(=O)O. The molecule has 120 valence electrons. The standard InChI is InChI=1S/C14H16BrNO6/c1-2-22-11-7-8(15)3-4-9(11)13(19)16-10(14(20)21)5-6-12(17)18/h3-4,7,10H,2,5-6H2,1H3,(H,16,19)(H,17,18)(H,20,21). The molecule has 1 rings (SSSR count). The maximum Gasteiger partial charge on any atom is 0.326 e. The summed E-state index contributed by atoms with van der Waals surface area (Å²) in [6.45, 7) is 2.10. The molecule has 1 aromatic carbocycles. The van der Waals surface area contributed by atoms with Gasteiger partial charge in [0.1, 0.15) is 11.8 Å². The lowest BCUT2D eigenvalue weighted by Gasteiger charge is -2.15. The third-order valence-corrected chi connectivity index (χ3v) is 3.23. The fourth-order valence-corrected chi connectivity index (χ4v) is 2.06. The van der Waals surface area contributed by atoms with Crippen LogP contribution in [0.3, 0.4) is 0 Å². The average Bonchev–Trinajstić information content (AvgIpc) is 2.43. The van der Waals surface area contributed by atoms with Gasteiger partial charge in [0.25, 0.3) is 5.91 Å². The van der Waals surface area contributed by atoms with Gasteiger partial charge in [0.05, 0.1) is 12.2 Å². The molecule has 1 amide bonds. The third-order valence-electron chi connectivity index (χ3n) is 2.74. The van der Waals surface area contributed by atoms with Gasteiger partial charge in [0, 0.05) is 10.9 Å². The topological polar surface area (TPSA) is 113 Å². The minimum atomic E-state index is -1.29. The van der Waals surface area contributed by atoms with Crippen molar-refractivity contribution in [2.45, 2.75) is 25.8 Å². The summed E-state index contributed by atoms with van der Waals surface area (Å²) in [4.78, 5) is 33.8. The molecular formula is C14H16BrNO6. The second kappa shape index (κ2) is 8.38. The van der Waals surface area contributed by atoms with E-state index in [1.807, 2.05) is 0 Å². The van der Waals surface area contributed by atoms with E-state index in [1.165, 1.54) is 6.07 Å². The Morgan fingerprint density at radius 3 is 2.55 bits per heavy atom. The van der Waals surface area contributed by atoms with E-state index in [1.54, 1.807) is 19.1 Å². The van der Waals surface area contributed by atoms with Crippen LogP contribution in [0.2, 0.25) is 0 Å². The summed E-state index contributed by atoms with van der Waals surface area (Å²) in [7, 11) is 0. The van der Waals surface area contributed by atoms with Crippen LogP contribution in [0, 0.1) is 0 Å². The van der Waals surface area contributed by atoms with Gasteiger partial charge in [0.2, 0.25) is 0 Å². The maximum atomic E-state index is 12.2. The number of hydrogen-bond donors (Lipinski definition) is 3. The number of ether oxygens (including phenoxy) is 1. The fraction of sp³-hybridized carbons (Fsp3) is 0.357. The lowest BCUT2D eigenvalue weighted by Crippen LogP contribution is -2.41. The minimum absolute atomic E-state index is 0.187. The molecule has 0 bridgehead atoms. The smallest absolute Gasteiger partial charge is 0.326 e. The average molecular weight is 374 g/mol. The second-order valence-electron chi connectivity index (χ2n) is 4.37. The number of nitrogens with one attached hydrogen (secondary N) is 1. The van der Waals surface area contributed by atoms with Gasteiger partial charge in [-0.3, -0.25) is 9.59 Å². The maximum absolute atomic E-state index is 12.2. The Kier molecular flexibility index (Phi) is 6.84. The van der Waals surface area contributed by atoms with Crippen molar-refractivity contribution < 1.29 is 29.3 Å². The Bertz CT molecular complexity index is 574. The van der Waals surface area contributed by atoms with E-state index < -0.39 is 23.9 Å². The summed E-state index contributed by atoms with van der Waals surface area (Å²) in [5, 5.41) is 20.0. The molecule has 7 nitrogen and oxygen atoms in total. The third kappa shape index (κ3) is 5.36. The number of carboxylic acid groups (broad SMARTS) is 2. The number of carboxylic acids is 2. The van der Waals surface area contributed by atoms with Crippen molar-refractivity contribution in [1.29, 1.82) is 0 Å². The number of rotatable bonds is 8. The summed E-state index contributed by atoms with van der Waals surface area (Å²) in [6, 6.07) is 3.46. The van der Waals surface area contributed by atoms with E-state index in [-0.39, 0.29) is 18.4 Å². The van der Waals surface area contributed by atoms with Crippen LogP contribution in [-0.4, -0.2) is 40.7 Å². The molecule has 3 N–H and O–H groups in total. The molecule has 0 aliphatic carbocycles. The first-order chi connectivity index (χ1) is 10.3. The normalized spacial score (nSPS) is 11.5. The summed E-state index contributed by atoms with van der Waals surface area (Å²) in [5.41, 5.74) is 0.187. The van der Waals surface area contributed by atoms with Crippen LogP contribution >= 0.6 is 15.9 Å². The molecule has 8 heteroatoms. The van der Waals surface area contributed by atoms with Crippen LogP contribution in [0.1, 0.15) is 30.1 Å². The van der Waals surface area contributed by atoms with Crippen LogP contribution in [0.25, 0.3) is 0 Å². The van der Waals surface area contributed by atoms with Crippen molar-refractivity contribution in [2.75, 3.05) is 6.61 Å². The van der Waals surface area contributed by atoms with Crippen molar-refractivity contribution in [2.24, 2.45) is 0 Å².